The summed E-state index contributed by atoms with van der Waals surface area (Å²) in [7, 11) is 3.22. The van der Waals surface area contributed by atoms with Crippen molar-refractivity contribution in [2.45, 2.75) is 0 Å². The third-order valence-electron chi connectivity index (χ3n) is 2.47. The van der Waals surface area contributed by atoms with Crippen molar-refractivity contribution in [3.8, 4) is 0 Å². The Balaban J connectivity index is 2.93. The molecule has 19 heavy (non-hydrogen) atoms. The zero-order valence-corrected chi connectivity index (χ0v) is 10.9. The van der Waals surface area contributed by atoms with Crippen molar-refractivity contribution < 1.29 is 19.4 Å². The lowest BCUT2D eigenvalue weighted by molar-refractivity contribution is -0.131. The van der Waals surface area contributed by atoms with Gasteiger partial charge >= 0.3 is 5.97 Å². The Morgan fingerprint density at radius 2 is 2.26 bits per heavy atom. The summed E-state index contributed by atoms with van der Waals surface area (Å²) in [6.45, 7) is 0.896. The van der Waals surface area contributed by atoms with Gasteiger partial charge in [0.15, 0.2) is 0 Å². The van der Waals surface area contributed by atoms with Crippen molar-refractivity contribution in [1.82, 2.24) is 9.88 Å². The molecule has 0 spiro atoms. The second-order valence-electron chi connectivity index (χ2n) is 3.85. The van der Waals surface area contributed by atoms with Gasteiger partial charge in [-0.2, -0.15) is 0 Å². The Bertz CT molecular complexity index is 485. The van der Waals surface area contributed by atoms with E-state index < -0.39 is 5.97 Å². The molecule has 1 aromatic rings. The molecule has 0 unspecified atom stereocenters. The Morgan fingerprint density at radius 3 is 2.89 bits per heavy atom. The first-order valence-corrected chi connectivity index (χ1v) is 5.65. The fourth-order valence-corrected chi connectivity index (χ4v) is 1.43. The normalized spacial score (nSPS) is 10.6. The SMILES string of the molecule is COCCN(C)C(=O)c1ccncc1C=CC(=O)O. The Morgan fingerprint density at radius 1 is 1.53 bits per heavy atom. The summed E-state index contributed by atoms with van der Waals surface area (Å²) in [5.41, 5.74) is 0.880. The number of carbonyl (C=O) groups excluding carboxylic acids is 1. The number of aromatic nitrogens is 1. The highest BCUT2D eigenvalue weighted by Crippen LogP contribution is 2.11. The number of likely N-dealkylation sites (N-methyl/N-ethyl adjacent to an activating group) is 1. The van der Waals surface area contributed by atoms with Gasteiger partial charge in [-0.05, 0) is 12.1 Å². The van der Waals surface area contributed by atoms with Crippen LogP contribution in [0.2, 0.25) is 0 Å². The van der Waals surface area contributed by atoms with Crippen molar-refractivity contribution >= 4 is 18.0 Å². The highest BCUT2D eigenvalue weighted by atomic mass is 16.5. The maximum absolute atomic E-state index is 12.2. The third kappa shape index (κ3) is 4.51. The monoisotopic (exact) mass is 264 g/mol. The summed E-state index contributed by atoms with van der Waals surface area (Å²) in [5.74, 6) is -1.28. The molecule has 1 heterocycles. The van der Waals surface area contributed by atoms with Crippen LogP contribution in [0.5, 0.6) is 0 Å². The topological polar surface area (TPSA) is 79.7 Å². The molecule has 1 N–H and O–H groups in total. The van der Waals surface area contributed by atoms with E-state index in [2.05, 4.69) is 4.98 Å². The molecule has 0 fully saturated rings. The van der Waals surface area contributed by atoms with Crippen LogP contribution in [0.1, 0.15) is 15.9 Å². The number of aliphatic carboxylic acids is 1. The molecule has 0 aliphatic carbocycles. The highest BCUT2D eigenvalue weighted by Gasteiger charge is 2.14. The van der Waals surface area contributed by atoms with E-state index in [0.29, 0.717) is 24.3 Å². The Labute approximate surface area is 111 Å². The molecule has 1 rings (SSSR count). The summed E-state index contributed by atoms with van der Waals surface area (Å²) in [5, 5.41) is 8.61. The number of rotatable bonds is 6. The first-order chi connectivity index (χ1) is 9.06. The summed E-state index contributed by atoms with van der Waals surface area (Å²) in [6, 6.07) is 1.56. The molecular weight excluding hydrogens is 248 g/mol. The maximum Gasteiger partial charge on any atom is 0.328 e. The number of carboxylic acids is 1. The summed E-state index contributed by atoms with van der Waals surface area (Å²) < 4.78 is 4.91. The van der Waals surface area contributed by atoms with Crippen LogP contribution < -0.4 is 0 Å². The van der Waals surface area contributed by atoms with Crippen LogP contribution >= 0.6 is 0 Å². The maximum atomic E-state index is 12.2. The third-order valence-corrected chi connectivity index (χ3v) is 2.47. The Hall–Kier alpha value is -2.21. The number of nitrogens with zero attached hydrogens (tertiary/aromatic N) is 2. The van der Waals surface area contributed by atoms with Gasteiger partial charge in [-0.1, -0.05) is 0 Å². The van der Waals surface area contributed by atoms with E-state index in [9.17, 15) is 9.59 Å². The minimum atomic E-state index is -1.07. The predicted molar refractivity (Wildman–Crippen MR) is 69.7 cm³/mol. The summed E-state index contributed by atoms with van der Waals surface area (Å²) in [6.07, 6.45) is 5.28. The second-order valence-corrected chi connectivity index (χ2v) is 3.85. The van der Waals surface area contributed by atoms with E-state index in [0.717, 1.165) is 6.08 Å². The number of amides is 1. The zero-order chi connectivity index (χ0) is 14.3. The predicted octanol–water partition coefficient (Wildman–Crippen LogP) is 0.898. The number of hydrogen-bond acceptors (Lipinski definition) is 4. The van der Waals surface area contributed by atoms with Gasteiger partial charge in [0, 0.05) is 50.3 Å². The molecule has 102 valence electrons. The lowest BCUT2D eigenvalue weighted by Crippen LogP contribution is -2.30. The minimum Gasteiger partial charge on any atom is -0.478 e. The minimum absolute atomic E-state index is 0.204. The number of ether oxygens (including phenoxy) is 1. The number of hydrogen-bond donors (Lipinski definition) is 1. The van der Waals surface area contributed by atoms with Gasteiger partial charge in [0.25, 0.3) is 5.91 Å². The lowest BCUT2D eigenvalue weighted by Gasteiger charge is -2.17. The largest absolute Gasteiger partial charge is 0.478 e. The molecule has 0 radical (unpaired) electrons. The molecule has 0 aliphatic rings. The zero-order valence-electron chi connectivity index (χ0n) is 10.9. The standard InChI is InChI=1S/C13H16N2O4/c1-15(7-8-19-2)13(18)11-5-6-14-9-10(11)3-4-12(16)17/h3-6,9H,7-8H2,1-2H3,(H,16,17). The van der Waals surface area contributed by atoms with Crippen molar-refractivity contribution in [3.05, 3.63) is 35.7 Å². The van der Waals surface area contributed by atoms with Crippen LogP contribution in [-0.4, -0.2) is 54.2 Å². The molecule has 6 nitrogen and oxygen atoms in total. The fraction of sp³-hybridized carbons (Fsp3) is 0.308. The van der Waals surface area contributed by atoms with Crippen LogP contribution in [0.4, 0.5) is 0 Å². The van der Waals surface area contributed by atoms with Crippen LogP contribution in [0, 0.1) is 0 Å². The Kier molecular flexibility index (Phi) is 5.69. The summed E-state index contributed by atoms with van der Waals surface area (Å²) >= 11 is 0. The van der Waals surface area contributed by atoms with Crippen molar-refractivity contribution in [2.24, 2.45) is 0 Å². The van der Waals surface area contributed by atoms with Crippen molar-refractivity contribution in [1.29, 1.82) is 0 Å². The van der Waals surface area contributed by atoms with E-state index in [4.69, 9.17) is 9.84 Å². The molecule has 1 amide bonds. The van der Waals surface area contributed by atoms with Gasteiger partial charge in [-0.25, -0.2) is 4.79 Å². The van der Waals surface area contributed by atoms with E-state index in [1.165, 1.54) is 23.4 Å². The van der Waals surface area contributed by atoms with Gasteiger partial charge in [0.1, 0.15) is 0 Å². The van der Waals surface area contributed by atoms with Crippen LogP contribution in [0.15, 0.2) is 24.5 Å². The number of pyridine rings is 1. The van der Waals surface area contributed by atoms with Gasteiger partial charge in [-0.3, -0.25) is 9.78 Å². The molecule has 6 heteroatoms. The van der Waals surface area contributed by atoms with Crippen LogP contribution in [-0.2, 0) is 9.53 Å². The molecule has 0 saturated carbocycles. The number of methoxy groups -OCH3 is 1. The van der Waals surface area contributed by atoms with Gasteiger partial charge in [-0.15, -0.1) is 0 Å². The van der Waals surface area contributed by atoms with E-state index in [1.807, 2.05) is 0 Å². The molecule has 0 saturated heterocycles. The molecule has 0 aliphatic heterocycles. The van der Waals surface area contributed by atoms with E-state index in [1.54, 1.807) is 20.2 Å². The molecule has 0 bridgehead atoms. The van der Waals surface area contributed by atoms with Crippen molar-refractivity contribution in [2.75, 3.05) is 27.3 Å². The second kappa shape index (κ2) is 7.27. The van der Waals surface area contributed by atoms with Gasteiger partial charge in [0.2, 0.25) is 0 Å². The first kappa shape index (κ1) is 14.8. The van der Waals surface area contributed by atoms with E-state index >= 15 is 0 Å². The quantitative estimate of drug-likeness (QED) is 0.772. The summed E-state index contributed by atoms with van der Waals surface area (Å²) in [4.78, 5) is 28.1. The van der Waals surface area contributed by atoms with Crippen LogP contribution in [0.25, 0.3) is 6.08 Å². The first-order valence-electron chi connectivity index (χ1n) is 5.65. The average Bonchev–Trinajstić information content (AvgIpc) is 2.42. The molecule has 0 aromatic carbocycles. The molecular formula is C13H16N2O4. The number of carboxylic acid groups (broad SMARTS) is 1. The average molecular weight is 264 g/mol. The fourth-order valence-electron chi connectivity index (χ4n) is 1.43. The van der Waals surface area contributed by atoms with Gasteiger partial charge < -0.3 is 14.7 Å². The number of carbonyl (C=O) groups is 2. The van der Waals surface area contributed by atoms with Crippen molar-refractivity contribution in [3.63, 3.8) is 0 Å². The lowest BCUT2D eigenvalue weighted by atomic mass is 10.1. The van der Waals surface area contributed by atoms with Crippen LogP contribution in [0.3, 0.4) is 0 Å². The molecule has 1 aromatic heterocycles. The van der Waals surface area contributed by atoms with E-state index in [-0.39, 0.29) is 5.91 Å². The smallest absolute Gasteiger partial charge is 0.328 e. The highest BCUT2D eigenvalue weighted by molar-refractivity contribution is 5.98. The van der Waals surface area contributed by atoms with Gasteiger partial charge in [0.05, 0.1) is 6.61 Å². The molecule has 0 atom stereocenters.